The summed E-state index contributed by atoms with van der Waals surface area (Å²) in [7, 11) is 0. The van der Waals surface area contributed by atoms with Crippen molar-refractivity contribution in [1.82, 2.24) is 19.8 Å². The van der Waals surface area contributed by atoms with E-state index in [2.05, 4.69) is 27.0 Å². The summed E-state index contributed by atoms with van der Waals surface area (Å²) >= 11 is 3.29. The average Bonchev–Trinajstić information content (AvgIpc) is 3.35. The lowest BCUT2D eigenvalue weighted by Gasteiger charge is -2.34. The van der Waals surface area contributed by atoms with Crippen molar-refractivity contribution in [1.29, 1.82) is 0 Å². The highest BCUT2D eigenvalue weighted by Gasteiger charge is 2.22. The molecule has 0 bridgehead atoms. The minimum Gasteiger partial charge on any atom is -0.340 e. The first-order valence-electron chi connectivity index (χ1n) is 8.65. The Morgan fingerprint density at radius 3 is 2.73 bits per heavy atom. The van der Waals surface area contributed by atoms with Crippen molar-refractivity contribution in [3.05, 3.63) is 58.7 Å². The molecule has 3 aromatic heterocycles. The summed E-state index contributed by atoms with van der Waals surface area (Å²) < 4.78 is 0. The number of thiophene rings is 1. The lowest BCUT2D eigenvalue weighted by molar-refractivity contribution is -0.132. The summed E-state index contributed by atoms with van der Waals surface area (Å²) in [5.41, 5.74) is 2.09. The third kappa shape index (κ3) is 4.17. The molecule has 134 valence electrons. The molecule has 1 fully saturated rings. The normalized spacial score (nSPS) is 15.3. The average molecular weight is 385 g/mol. The van der Waals surface area contributed by atoms with Gasteiger partial charge in [-0.05, 0) is 23.1 Å². The van der Waals surface area contributed by atoms with E-state index in [0.717, 1.165) is 48.3 Å². The van der Waals surface area contributed by atoms with Crippen LogP contribution < -0.4 is 0 Å². The molecule has 0 saturated carbocycles. The van der Waals surface area contributed by atoms with E-state index in [9.17, 15) is 4.79 Å². The first-order chi connectivity index (χ1) is 12.8. The van der Waals surface area contributed by atoms with Gasteiger partial charge in [0.1, 0.15) is 5.01 Å². The number of hydrogen-bond acceptors (Lipinski definition) is 6. The van der Waals surface area contributed by atoms with E-state index < -0.39 is 0 Å². The van der Waals surface area contributed by atoms with Gasteiger partial charge in [0.2, 0.25) is 5.91 Å². The number of thiazole rings is 1. The molecule has 7 heteroatoms. The smallest absolute Gasteiger partial charge is 0.228 e. The number of carbonyl (C=O) groups excluding carboxylic acids is 1. The second-order valence-corrected chi connectivity index (χ2v) is 8.12. The fourth-order valence-corrected chi connectivity index (χ4v) is 4.71. The molecule has 0 atom stereocenters. The van der Waals surface area contributed by atoms with E-state index >= 15 is 0 Å². The third-order valence-corrected chi connectivity index (χ3v) is 6.40. The zero-order valence-electron chi connectivity index (χ0n) is 14.4. The Labute approximate surface area is 160 Å². The van der Waals surface area contributed by atoms with E-state index in [-0.39, 0.29) is 5.91 Å². The molecule has 0 radical (unpaired) electrons. The van der Waals surface area contributed by atoms with Crippen LogP contribution in [0, 0.1) is 0 Å². The van der Waals surface area contributed by atoms with Gasteiger partial charge in [0.15, 0.2) is 0 Å². The monoisotopic (exact) mass is 384 g/mol. The number of rotatable bonds is 5. The van der Waals surface area contributed by atoms with Crippen LogP contribution in [0.4, 0.5) is 0 Å². The third-order valence-electron chi connectivity index (χ3n) is 4.47. The molecule has 1 amide bonds. The Balaban J connectivity index is 1.28. The predicted molar refractivity (Wildman–Crippen MR) is 105 cm³/mol. The van der Waals surface area contributed by atoms with Crippen LogP contribution in [0.5, 0.6) is 0 Å². The topological polar surface area (TPSA) is 49.3 Å². The Morgan fingerprint density at radius 2 is 2.00 bits per heavy atom. The van der Waals surface area contributed by atoms with Gasteiger partial charge in [0.25, 0.3) is 0 Å². The van der Waals surface area contributed by atoms with Crippen molar-refractivity contribution < 1.29 is 4.79 Å². The van der Waals surface area contributed by atoms with Crippen molar-refractivity contribution in [3.63, 3.8) is 0 Å². The Morgan fingerprint density at radius 1 is 1.12 bits per heavy atom. The first kappa shape index (κ1) is 17.3. The fraction of sp³-hybridized carbons (Fsp3) is 0.316. The summed E-state index contributed by atoms with van der Waals surface area (Å²) in [6.45, 7) is 4.25. The predicted octanol–water partition coefficient (Wildman–Crippen LogP) is 3.15. The van der Waals surface area contributed by atoms with Crippen LogP contribution in [0.25, 0.3) is 9.88 Å². The molecular formula is C19H20N4OS2. The number of pyridine rings is 1. The second-order valence-electron chi connectivity index (χ2n) is 6.32. The van der Waals surface area contributed by atoms with Crippen LogP contribution in [0.15, 0.2) is 47.4 Å². The first-order valence-corrected chi connectivity index (χ1v) is 10.4. The van der Waals surface area contributed by atoms with Gasteiger partial charge in [0, 0.05) is 50.5 Å². The van der Waals surface area contributed by atoms with Gasteiger partial charge in [-0.3, -0.25) is 14.7 Å². The molecule has 1 aliphatic rings. The van der Waals surface area contributed by atoms with Crippen LogP contribution in [0.3, 0.4) is 0 Å². The van der Waals surface area contributed by atoms with Gasteiger partial charge < -0.3 is 4.90 Å². The van der Waals surface area contributed by atoms with Crippen LogP contribution in [0.2, 0.25) is 0 Å². The quantitative estimate of drug-likeness (QED) is 0.678. The Bertz CT molecular complexity index is 840. The molecule has 3 aromatic rings. The van der Waals surface area contributed by atoms with Crippen molar-refractivity contribution >= 4 is 28.6 Å². The molecule has 1 saturated heterocycles. The lowest BCUT2D eigenvalue weighted by atomic mass is 10.2. The summed E-state index contributed by atoms with van der Waals surface area (Å²) in [5, 5.41) is 5.06. The maximum absolute atomic E-state index is 12.6. The van der Waals surface area contributed by atoms with Crippen LogP contribution in [-0.4, -0.2) is 51.9 Å². The van der Waals surface area contributed by atoms with Gasteiger partial charge in [-0.25, -0.2) is 4.98 Å². The molecule has 0 unspecified atom stereocenters. The van der Waals surface area contributed by atoms with Gasteiger partial charge in [-0.15, -0.1) is 22.7 Å². The second kappa shape index (κ2) is 8.07. The fourth-order valence-electron chi connectivity index (χ4n) is 3.07. The van der Waals surface area contributed by atoms with E-state index in [1.54, 1.807) is 28.9 Å². The maximum Gasteiger partial charge on any atom is 0.228 e. The molecule has 0 aliphatic carbocycles. The molecule has 26 heavy (non-hydrogen) atoms. The summed E-state index contributed by atoms with van der Waals surface area (Å²) in [6.07, 6.45) is 4.10. The number of hydrogen-bond donors (Lipinski definition) is 0. The zero-order valence-corrected chi connectivity index (χ0v) is 16.0. The van der Waals surface area contributed by atoms with Crippen molar-refractivity contribution in [2.45, 2.75) is 13.0 Å². The highest BCUT2D eigenvalue weighted by Crippen LogP contribution is 2.28. The number of carbonyl (C=O) groups is 1. The van der Waals surface area contributed by atoms with Crippen molar-refractivity contribution in [3.8, 4) is 9.88 Å². The summed E-state index contributed by atoms with van der Waals surface area (Å²) in [5.74, 6) is 0.175. The minimum atomic E-state index is 0.175. The van der Waals surface area contributed by atoms with Crippen molar-refractivity contribution in [2.24, 2.45) is 0 Å². The SMILES string of the molecule is O=C(Cc1csc(-c2cccs2)n1)N1CCN(Cc2cccnc2)CC1. The molecule has 5 nitrogen and oxygen atoms in total. The van der Waals surface area contributed by atoms with E-state index in [0.29, 0.717) is 6.42 Å². The summed E-state index contributed by atoms with van der Waals surface area (Å²) in [4.78, 5) is 26.9. The largest absolute Gasteiger partial charge is 0.340 e. The zero-order chi connectivity index (χ0) is 17.8. The molecule has 0 aromatic carbocycles. The number of amides is 1. The number of nitrogens with zero attached hydrogens (tertiary/aromatic N) is 4. The van der Waals surface area contributed by atoms with Gasteiger partial charge in [0.05, 0.1) is 17.0 Å². The Hall–Kier alpha value is -2.09. The highest BCUT2D eigenvalue weighted by molar-refractivity contribution is 7.20. The van der Waals surface area contributed by atoms with E-state index in [1.165, 1.54) is 5.56 Å². The van der Waals surface area contributed by atoms with Crippen LogP contribution in [0.1, 0.15) is 11.3 Å². The molecule has 0 spiro atoms. The molecule has 0 N–H and O–H groups in total. The highest BCUT2D eigenvalue weighted by atomic mass is 32.1. The summed E-state index contributed by atoms with van der Waals surface area (Å²) in [6, 6.07) is 8.15. The maximum atomic E-state index is 12.6. The molecule has 1 aliphatic heterocycles. The molecule has 4 heterocycles. The van der Waals surface area contributed by atoms with Gasteiger partial charge in [-0.2, -0.15) is 0 Å². The van der Waals surface area contributed by atoms with Crippen LogP contribution >= 0.6 is 22.7 Å². The molecule has 4 rings (SSSR count). The van der Waals surface area contributed by atoms with Crippen molar-refractivity contribution in [2.75, 3.05) is 26.2 Å². The van der Waals surface area contributed by atoms with Gasteiger partial charge >= 0.3 is 0 Å². The number of aromatic nitrogens is 2. The molecular weight excluding hydrogens is 364 g/mol. The minimum absolute atomic E-state index is 0.175. The lowest BCUT2D eigenvalue weighted by Crippen LogP contribution is -2.48. The van der Waals surface area contributed by atoms with E-state index in [4.69, 9.17) is 0 Å². The number of piperazine rings is 1. The van der Waals surface area contributed by atoms with Crippen LogP contribution in [-0.2, 0) is 17.8 Å². The van der Waals surface area contributed by atoms with Gasteiger partial charge in [-0.1, -0.05) is 12.1 Å². The van der Waals surface area contributed by atoms with E-state index in [1.807, 2.05) is 34.0 Å². The standard InChI is InChI=1S/C19H20N4OS2/c24-18(11-16-14-26-19(21-16)17-4-2-10-25-17)23-8-6-22(7-9-23)13-15-3-1-5-20-12-15/h1-5,10,12,14H,6-9,11,13H2. The Kier molecular flexibility index (Phi) is 5.38.